The van der Waals surface area contributed by atoms with E-state index in [4.69, 9.17) is 0 Å². The van der Waals surface area contributed by atoms with Gasteiger partial charge in [0.25, 0.3) is 5.91 Å². The fourth-order valence-electron chi connectivity index (χ4n) is 4.46. The maximum absolute atomic E-state index is 13.6. The van der Waals surface area contributed by atoms with Gasteiger partial charge >= 0.3 is 0 Å². The number of carbonyl (C=O) groups is 1. The first-order valence-electron chi connectivity index (χ1n) is 9.37. The Kier molecular flexibility index (Phi) is 4.53. The van der Waals surface area contributed by atoms with Crippen molar-refractivity contribution in [2.45, 2.75) is 43.7 Å². The molecule has 0 aliphatic carbocycles. The number of carbonyl (C=O) groups excluding carboxylic acids is 1. The van der Waals surface area contributed by atoms with Crippen molar-refractivity contribution >= 4 is 5.91 Å². The van der Waals surface area contributed by atoms with Gasteiger partial charge in [0.1, 0.15) is 11.4 Å². The number of rotatable bonds is 3. The van der Waals surface area contributed by atoms with E-state index >= 15 is 0 Å². The first kappa shape index (κ1) is 17.2. The van der Waals surface area contributed by atoms with Crippen LogP contribution in [0.15, 0.2) is 42.7 Å². The van der Waals surface area contributed by atoms with E-state index in [0.717, 1.165) is 37.9 Å². The molecule has 1 N–H and O–H groups in total. The van der Waals surface area contributed by atoms with Gasteiger partial charge in [-0.25, -0.2) is 4.39 Å². The predicted octanol–water partition coefficient (Wildman–Crippen LogP) is 2.51. The van der Waals surface area contributed by atoms with Crippen LogP contribution in [0.5, 0.6) is 0 Å². The summed E-state index contributed by atoms with van der Waals surface area (Å²) in [5.41, 5.74) is 0.507. The molecule has 2 saturated heterocycles. The molecule has 138 valence electrons. The first-order valence-corrected chi connectivity index (χ1v) is 9.37. The zero-order chi connectivity index (χ0) is 18.1. The van der Waals surface area contributed by atoms with Crippen LogP contribution in [-0.2, 0) is 10.3 Å². The fourth-order valence-corrected chi connectivity index (χ4v) is 4.46. The fraction of sp³-hybridized carbons (Fsp3) is 0.500. The highest BCUT2D eigenvalue weighted by molar-refractivity contribution is 5.85. The van der Waals surface area contributed by atoms with Crippen molar-refractivity contribution in [2.24, 2.45) is 0 Å². The van der Waals surface area contributed by atoms with Crippen molar-refractivity contribution < 1.29 is 9.18 Å². The van der Waals surface area contributed by atoms with Crippen LogP contribution in [0.4, 0.5) is 4.39 Å². The van der Waals surface area contributed by atoms with Gasteiger partial charge in [-0.2, -0.15) is 5.10 Å². The van der Waals surface area contributed by atoms with Gasteiger partial charge in [0.2, 0.25) is 0 Å². The SMILES string of the molecule is CC1CC(c2ccc(F)cc2)CN1C(=O)C1(n2cccn2)CCNCC1. The van der Waals surface area contributed by atoms with Crippen molar-refractivity contribution in [2.75, 3.05) is 19.6 Å². The third-order valence-corrected chi connectivity index (χ3v) is 5.95. The van der Waals surface area contributed by atoms with Crippen LogP contribution < -0.4 is 5.32 Å². The van der Waals surface area contributed by atoms with Gasteiger partial charge in [0, 0.05) is 30.9 Å². The minimum atomic E-state index is -0.597. The Hall–Kier alpha value is -2.21. The number of aromatic nitrogens is 2. The lowest BCUT2D eigenvalue weighted by Crippen LogP contribution is -2.56. The van der Waals surface area contributed by atoms with Gasteiger partial charge in [-0.15, -0.1) is 0 Å². The zero-order valence-electron chi connectivity index (χ0n) is 15.1. The average molecular weight is 356 g/mol. The van der Waals surface area contributed by atoms with Gasteiger partial charge in [-0.05, 0) is 63.0 Å². The second-order valence-corrected chi connectivity index (χ2v) is 7.52. The minimum Gasteiger partial charge on any atom is -0.337 e. The number of piperidine rings is 1. The molecule has 0 radical (unpaired) electrons. The van der Waals surface area contributed by atoms with E-state index in [0.29, 0.717) is 6.54 Å². The molecule has 2 aliphatic heterocycles. The number of amides is 1. The molecule has 1 amide bonds. The van der Waals surface area contributed by atoms with E-state index in [-0.39, 0.29) is 23.7 Å². The minimum absolute atomic E-state index is 0.166. The lowest BCUT2D eigenvalue weighted by molar-refractivity contribution is -0.143. The summed E-state index contributed by atoms with van der Waals surface area (Å²) in [6.07, 6.45) is 6.05. The number of halogens is 1. The summed E-state index contributed by atoms with van der Waals surface area (Å²) < 4.78 is 15.1. The summed E-state index contributed by atoms with van der Waals surface area (Å²) in [7, 11) is 0. The zero-order valence-corrected chi connectivity index (χ0v) is 15.1. The molecule has 26 heavy (non-hydrogen) atoms. The largest absolute Gasteiger partial charge is 0.337 e. The number of likely N-dealkylation sites (tertiary alicyclic amines) is 1. The molecule has 0 bridgehead atoms. The number of nitrogens with zero attached hydrogens (tertiary/aromatic N) is 3. The maximum Gasteiger partial charge on any atom is 0.250 e. The van der Waals surface area contributed by atoms with Crippen LogP contribution in [-0.4, -0.2) is 46.3 Å². The normalized spacial score (nSPS) is 25.4. The number of nitrogens with one attached hydrogen (secondary N) is 1. The summed E-state index contributed by atoms with van der Waals surface area (Å²) in [6, 6.07) is 8.74. The van der Waals surface area contributed by atoms with Crippen molar-refractivity contribution in [3.05, 3.63) is 54.1 Å². The maximum atomic E-state index is 13.6. The molecule has 2 aromatic rings. The van der Waals surface area contributed by atoms with Gasteiger partial charge in [-0.1, -0.05) is 12.1 Å². The molecule has 4 rings (SSSR count). The van der Waals surface area contributed by atoms with E-state index in [9.17, 15) is 9.18 Å². The molecule has 0 spiro atoms. The van der Waals surface area contributed by atoms with E-state index in [1.165, 1.54) is 12.1 Å². The summed E-state index contributed by atoms with van der Waals surface area (Å²) in [5, 5.41) is 7.77. The Labute approximate surface area is 153 Å². The molecule has 3 heterocycles. The Morgan fingerprint density at radius 3 is 2.65 bits per heavy atom. The predicted molar refractivity (Wildman–Crippen MR) is 97.2 cm³/mol. The summed E-state index contributed by atoms with van der Waals surface area (Å²) in [4.78, 5) is 15.7. The Morgan fingerprint density at radius 1 is 1.27 bits per heavy atom. The van der Waals surface area contributed by atoms with Crippen molar-refractivity contribution in [3.8, 4) is 0 Å². The molecular weight excluding hydrogens is 331 g/mol. The number of benzene rings is 1. The van der Waals surface area contributed by atoms with Crippen LogP contribution in [0, 0.1) is 5.82 Å². The highest BCUT2D eigenvalue weighted by atomic mass is 19.1. The quantitative estimate of drug-likeness (QED) is 0.919. The topological polar surface area (TPSA) is 50.2 Å². The highest BCUT2D eigenvalue weighted by Gasteiger charge is 2.47. The standard InChI is InChI=1S/C20H25FN4O/c1-15-13-17(16-3-5-18(21)6-4-16)14-24(15)19(26)20(7-10-22-11-8-20)25-12-2-9-23-25/h2-6,9,12,15,17,22H,7-8,10-11,13-14H2,1H3. The van der Waals surface area contributed by atoms with Gasteiger partial charge in [-0.3, -0.25) is 9.48 Å². The highest BCUT2D eigenvalue weighted by Crippen LogP contribution is 2.37. The van der Waals surface area contributed by atoms with E-state index in [1.807, 2.05) is 34.0 Å². The first-order chi connectivity index (χ1) is 12.6. The molecule has 1 aromatic heterocycles. The van der Waals surface area contributed by atoms with E-state index < -0.39 is 5.54 Å². The third-order valence-electron chi connectivity index (χ3n) is 5.95. The molecule has 0 saturated carbocycles. The molecule has 5 nitrogen and oxygen atoms in total. The van der Waals surface area contributed by atoms with Crippen molar-refractivity contribution in [1.82, 2.24) is 20.0 Å². The van der Waals surface area contributed by atoms with Crippen LogP contribution in [0.1, 0.15) is 37.7 Å². The van der Waals surface area contributed by atoms with Crippen molar-refractivity contribution in [1.29, 1.82) is 0 Å². The lowest BCUT2D eigenvalue weighted by Gasteiger charge is -2.40. The van der Waals surface area contributed by atoms with Gasteiger partial charge in [0.05, 0.1) is 0 Å². The molecule has 2 fully saturated rings. The van der Waals surface area contributed by atoms with Gasteiger partial charge < -0.3 is 10.2 Å². The summed E-state index contributed by atoms with van der Waals surface area (Å²) >= 11 is 0. The van der Waals surface area contributed by atoms with E-state index in [1.54, 1.807) is 6.20 Å². The second kappa shape index (κ2) is 6.83. The molecule has 2 unspecified atom stereocenters. The van der Waals surface area contributed by atoms with E-state index in [2.05, 4.69) is 17.3 Å². The van der Waals surface area contributed by atoms with Crippen LogP contribution in [0.25, 0.3) is 0 Å². The third kappa shape index (κ3) is 2.92. The molecular formula is C20H25FN4O. The molecule has 6 heteroatoms. The molecule has 2 atom stereocenters. The number of hydrogen-bond acceptors (Lipinski definition) is 3. The lowest BCUT2D eigenvalue weighted by atomic mass is 9.86. The summed E-state index contributed by atoms with van der Waals surface area (Å²) in [5.74, 6) is 0.200. The van der Waals surface area contributed by atoms with Crippen LogP contribution >= 0.6 is 0 Å². The van der Waals surface area contributed by atoms with Crippen LogP contribution in [0.3, 0.4) is 0 Å². The van der Waals surface area contributed by atoms with Crippen LogP contribution in [0.2, 0.25) is 0 Å². The van der Waals surface area contributed by atoms with Crippen molar-refractivity contribution in [3.63, 3.8) is 0 Å². The summed E-state index contributed by atoms with van der Waals surface area (Å²) in [6.45, 7) is 4.42. The Bertz CT molecular complexity index is 753. The monoisotopic (exact) mass is 356 g/mol. The van der Waals surface area contributed by atoms with Gasteiger partial charge in [0.15, 0.2) is 0 Å². The molecule has 1 aromatic carbocycles. The molecule has 2 aliphatic rings. The average Bonchev–Trinajstić information content (AvgIpc) is 3.32. The second-order valence-electron chi connectivity index (χ2n) is 7.52. The Balaban J connectivity index is 1.59. The Morgan fingerprint density at radius 2 is 2.00 bits per heavy atom. The smallest absolute Gasteiger partial charge is 0.250 e. The number of hydrogen-bond donors (Lipinski definition) is 1.